The molecule has 1 heterocycles. The molecule has 0 spiro atoms. The highest BCUT2D eigenvalue weighted by atomic mass is 32.1. The van der Waals surface area contributed by atoms with Crippen LogP contribution in [0.2, 0.25) is 0 Å². The molecule has 2 aromatic rings. The van der Waals surface area contributed by atoms with Gasteiger partial charge in [0.25, 0.3) is 5.91 Å². The van der Waals surface area contributed by atoms with Crippen LogP contribution in [0.15, 0.2) is 30.3 Å². The quantitative estimate of drug-likeness (QED) is 0.786. The number of rotatable bonds is 6. The van der Waals surface area contributed by atoms with Crippen LogP contribution in [0.5, 0.6) is 0 Å². The molecule has 0 saturated carbocycles. The number of aryl methyl sites for hydroxylation is 1. The molecule has 136 valence electrons. The fourth-order valence-electron chi connectivity index (χ4n) is 2.11. The number of thiazole rings is 1. The van der Waals surface area contributed by atoms with Crippen LogP contribution in [0, 0.1) is 24.2 Å². The largest absolute Gasteiger partial charge is 0.451 e. The maximum atomic E-state index is 12.3. The molecular formula is C19H21N3O3S. The number of ether oxygens (including phenoxy) is 1. The molecule has 0 fully saturated rings. The lowest BCUT2D eigenvalue weighted by molar-refractivity contribution is -0.125. The van der Waals surface area contributed by atoms with Crippen molar-refractivity contribution in [1.29, 1.82) is 5.26 Å². The Morgan fingerprint density at radius 3 is 2.58 bits per heavy atom. The zero-order chi connectivity index (χ0) is 19.3. The van der Waals surface area contributed by atoms with Crippen LogP contribution in [0.3, 0.4) is 0 Å². The predicted molar refractivity (Wildman–Crippen MR) is 99.6 cm³/mol. The van der Waals surface area contributed by atoms with Crippen LogP contribution < -0.4 is 5.32 Å². The number of hydrogen-bond acceptors (Lipinski definition) is 6. The molecule has 0 aliphatic rings. The Balaban J connectivity index is 2.02. The number of amides is 1. The Hall–Kier alpha value is -2.72. The molecule has 1 amide bonds. The first-order valence-corrected chi connectivity index (χ1v) is 9.00. The summed E-state index contributed by atoms with van der Waals surface area (Å²) in [5.74, 6) is -1.19. The molecule has 0 saturated heterocycles. The van der Waals surface area contributed by atoms with E-state index < -0.39 is 24.0 Å². The van der Waals surface area contributed by atoms with Crippen LogP contribution in [0.25, 0.3) is 10.6 Å². The van der Waals surface area contributed by atoms with Crippen LogP contribution in [-0.2, 0) is 9.53 Å². The van der Waals surface area contributed by atoms with E-state index in [0.717, 1.165) is 10.6 Å². The van der Waals surface area contributed by atoms with E-state index in [2.05, 4.69) is 16.4 Å². The van der Waals surface area contributed by atoms with Crippen molar-refractivity contribution in [3.05, 3.63) is 40.9 Å². The zero-order valence-electron chi connectivity index (χ0n) is 15.2. The van der Waals surface area contributed by atoms with Crippen LogP contribution in [-0.4, -0.2) is 29.0 Å². The molecule has 2 rings (SSSR count). The molecule has 1 aromatic carbocycles. The lowest BCUT2D eigenvalue weighted by atomic mass is 9.90. The second-order valence-electron chi connectivity index (χ2n) is 6.39. The van der Waals surface area contributed by atoms with Gasteiger partial charge in [-0.15, -0.1) is 11.3 Å². The maximum absolute atomic E-state index is 12.3. The van der Waals surface area contributed by atoms with Crippen molar-refractivity contribution in [3.8, 4) is 16.6 Å². The van der Waals surface area contributed by atoms with E-state index in [1.54, 1.807) is 13.8 Å². The number of carbonyl (C=O) groups is 2. The predicted octanol–water partition coefficient (Wildman–Crippen LogP) is 3.33. The molecule has 0 radical (unpaired) electrons. The second-order valence-corrected chi connectivity index (χ2v) is 7.39. The third kappa shape index (κ3) is 4.46. The highest BCUT2D eigenvalue weighted by Gasteiger charge is 2.30. The molecule has 1 aromatic heterocycles. The first-order valence-electron chi connectivity index (χ1n) is 8.19. The summed E-state index contributed by atoms with van der Waals surface area (Å²) in [6.45, 7) is 6.59. The Morgan fingerprint density at radius 1 is 1.35 bits per heavy atom. The van der Waals surface area contributed by atoms with Gasteiger partial charge in [0, 0.05) is 5.56 Å². The van der Waals surface area contributed by atoms with E-state index in [9.17, 15) is 14.9 Å². The number of benzene rings is 1. The molecule has 7 heteroatoms. The molecule has 0 unspecified atom stereocenters. The Kier molecular flexibility index (Phi) is 6.11. The lowest BCUT2D eigenvalue weighted by Crippen LogP contribution is -2.50. The lowest BCUT2D eigenvalue weighted by Gasteiger charge is -2.27. The van der Waals surface area contributed by atoms with Crippen molar-refractivity contribution in [1.82, 2.24) is 10.3 Å². The van der Waals surface area contributed by atoms with E-state index in [0.29, 0.717) is 10.6 Å². The average molecular weight is 371 g/mol. The summed E-state index contributed by atoms with van der Waals surface area (Å²) in [4.78, 5) is 29.1. The van der Waals surface area contributed by atoms with Gasteiger partial charge in [-0.25, -0.2) is 9.78 Å². The number of aromatic nitrogens is 1. The normalized spacial score (nSPS) is 12.9. The van der Waals surface area contributed by atoms with Gasteiger partial charge in [-0.1, -0.05) is 44.2 Å². The minimum atomic E-state index is -1.01. The van der Waals surface area contributed by atoms with Gasteiger partial charge in [0.1, 0.15) is 15.4 Å². The first-order chi connectivity index (χ1) is 12.3. The fourth-order valence-corrected chi connectivity index (χ4v) is 3.08. The number of nitrogens with zero attached hydrogens (tertiary/aromatic N) is 2. The Morgan fingerprint density at radius 2 is 2.00 bits per heavy atom. The van der Waals surface area contributed by atoms with Crippen LogP contribution >= 0.6 is 11.3 Å². The van der Waals surface area contributed by atoms with Crippen LogP contribution in [0.1, 0.15) is 36.1 Å². The minimum Gasteiger partial charge on any atom is -0.451 e. The van der Waals surface area contributed by atoms with Crippen LogP contribution in [0.4, 0.5) is 0 Å². The number of hydrogen-bond donors (Lipinski definition) is 1. The molecular weight excluding hydrogens is 350 g/mol. The van der Waals surface area contributed by atoms with E-state index in [-0.39, 0.29) is 5.92 Å². The van der Waals surface area contributed by atoms with Crippen molar-refractivity contribution in [2.45, 2.75) is 33.2 Å². The van der Waals surface area contributed by atoms with Gasteiger partial charge in [-0.05, 0) is 19.8 Å². The first kappa shape index (κ1) is 19.6. The molecule has 26 heavy (non-hydrogen) atoms. The van der Waals surface area contributed by atoms with Crippen molar-refractivity contribution in [2.24, 2.45) is 5.92 Å². The molecule has 0 aliphatic heterocycles. The molecule has 1 N–H and O–H groups in total. The summed E-state index contributed by atoms with van der Waals surface area (Å²) >= 11 is 1.23. The van der Waals surface area contributed by atoms with Gasteiger partial charge in [-0.3, -0.25) is 4.79 Å². The smallest absolute Gasteiger partial charge is 0.350 e. The monoisotopic (exact) mass is 371 g/mol. The van der Waals surface area contributed by atoms with E-state index in [1.807, 2.05) is 44.2 Å². The summed E-state index contributed by atoms with van der Waals surface area (Å²) in [6, 6.07) is 11.6. The number of carbonyl (C=O) groups excluding carboxylic acids is 2. The summed E-state index contributed by atoms with van der Waals surface area (Å²) in [6.07, 6.45) is 0. The SMILES string of the molecule is Cc1nc(-c2ccccc2)sc1C(=O)OCC(=O)N[C@@](C)(C#N)C(C)C. The highest BCUT2D eigenvalue weighted by Crippen LogP contribution is 2.28. The summed E-state index contributed by atoms with van der Waals surface area (Å²) in [5.41, 5.74) is 0.465. The number of nitrogens with one attached hydrogen (secondary N) is 1. The number of esters is 1. The third-order valence-electron chi connectivity index (χ3n) is 4.12. The Bertz CT molecular complexity index is 839. The maximum Gasteiger partial charge on any atom is 0.350 e. The molecule has 6 nitrogen and oxygen atoms in total. The summed E-state index contributed by atoms with van der Waals surface area (Å²) < 4.78 is 5.10. The van der Waals surface area contributed by atoms with Gasteiger partial charge in [0.05, 0.1) is 11.8 Å². The van der Waals surface area contributed by atoms with Crippen molar-refractivity contribution >= 4 is 23.2 Å². The standard InChI is InChI=1S/C19H21N3O3S/c1-12(2)19(4,11-20)22-15(23)10-25-18(24)16-13(3)21-17(26-16)14-8-6-5-7-9-14/h5-9,12H,10H2,1-4H3,(H,22,23)/t19-/m0/s1. The Labute approximate surface area is 156 Å². The average Bonchev–Trinajstić information content (AvgIpc) is 3.02. The minimum absolute atomic E-state index is 0.0793. The molecule has 1 atom stereocenters. The third-order valence-corrected chi connectivity index (χ3v) is 5.31. The van der Waals surface area contributed by atoms with E-state index >= 15 is 0 Å². The van der Waals surface area contributed by atoms with E-state index in [4.69, 9.17) is 4.74 Å². The summed E-state index contributed by atoms with van der Waals surface area (Å²) in [7, 11) is 0. The summed E-state index contributed by atoms with van der Waals surface area (Å²) in [5, 5.41) is 12.6. The topological polar surface area (TPSA) is 92.1 Å². The van der Waals surface area contributed by atoms with Crippen molar-refractivity contribution < 1.29 is 14.3 Å². The van der Waals surface area contributed by atoms with Crippen molar-refractivity contribution in [2.75, 3.05) is 6.61 Å². The van der Waals surface area contributed by atoms with Gasteiger partial charge in [-0.2, -0.15) is 5.26 Å². The zero-order valence-corrected chi connectivity index (χ0v) is 16.0. The number of nitriles is 1. The van der Waals surface area contributed by atoms with Gasteiger partial charge >= 0.3 is 5.97 Å². The second kappa shape index (κ2) is 8.11. The molecule has 0 bridgehead atoms. The highest BCUT2D eigenvalue weighted by molar-refractivity contribution is 7.17. The fraction of sp³-hybridized carbons (Fsp3) is 0.368. The van der Waals surface area contributed by atoms with Gasteiger partial charge in [0.2, 0.25) is 0 Å². The van der Waals surface area contributed by atoms with Gasteiger partial charge < -0.3 is 10.1 Å². The van der Waals surface area contributed by atoms with Crippen molar-refractivity contribution in [3.63, 3.8) is 0 Å². The van der Waals surface area contributed by atoms with Gasteiger partial charge in [0.15, 0.2) is 6.61 Å². The van der Waals surface area contributed by atoms with E-state index in [1.165, 1.54) is 11.3 Å². The molecule has 0 aliphatic carbocycles.